The number of hydrogen-bond acceptors (Lipinski definition) is 3. The van der Waals surface area contributed by atoms with Crippen molar-refractivity contribution in [2.75, 3.05) is 16.8 Å². The molecule has 2 amide bonds. The lowest BCUT2D eigenvalue weighted by molar-refractivity contribution is -0.137. The van der Waals surface area contributed by atoms with E-state index in [4.69, 9.17) is 4.74 Å². The number of carbonyl (C=O) groups is 2. The fourth-order valence-corrected chi connectivity index (χ4v) is 2.87. The van der Waals surface area contributed by atoms with Crippen LogP contribution in [0, 0.1) is 0 Å². The maximum absolute atomic E-state index is 13.1. The van der Waals surface area contributed by atoms with E-state index >= 15 is 0 Å². The maximum Gasteiger partial charge on any atom is 0.418 e. The molecule has 8 heteroatoms. The Morgan fingerprint density at radius 1 is 1.15 bits per heavy atom. The lowest BCUT2D eigenvalue weighted by Crippen LogP contribution is -2.48. The second-order valence-corrected chi connectivity index (χ2v) is 6.00. The van der Waals surface area contributed by atoms with Crippen LogP contribution in [-0.2, 0) is 15.8 Å². The van der Waals surface area contributed by atoms with E-state index in [0.29, 0.717) is 17.9 Å². The molecule has 1 heterocycles. The minimum Gasteiger partial charge on any atom is -0.478 e. The summed E-state index contributed by atoms with van der Waals surface area (Å²) in [6.07, 6.45) is -4.93. The zero-order chi connectivity index (χ0) is 19.6. The highest BCUT2D eigenvalue weighted by atomic mass is 19.4. The number of fused-ring (bicyclic) bond motifs is 1. The number of alkyl halides is 3. The number of nitrogens with one attached hydrogen (secondary N) is 1. The molecule has 0 aliphatic carbocycles. The van der Waals surface area contributed by atoms with Crippen LogP contribution in [0.15, 0.2) is 48.5 Å². The van der Waals surface area contributed by atoms with Crippen LogP contribution >= 0.6 is 0 Å². The topological polar surface area (TPSA) is 58.6 Å². The van der Waals surface area contributed by atoms with E-state index in [0.717, 1.165) is 6.07 Å². The summed E-state index contributed by atoms with van der Waals surface area (Å²) < 4.78 is 44.9. The molecule has 0 fully saturated rings. The van der Waals surface area contributed by atoms with E-state index in [1.807, 2.05) is 0 Å². The number of halogens is 3. The summed E-state index contributed by atoms with van der Waals surface area (Å²) in [7, 11) is 0. The monoisotopic (exact) mass is 378 g/mol. The van der Waals surface area contributed by atoms with Crippen molar-refractivity contribution in [3.05, 3.63) is 54.1 Å². The van der Waals surface area contributed by atoms with Gasteiger partial charge in [0.15, 0.2) is 6.10 Å². The first-order chi connectivity index (χ1) is 12.8. The predicted octanol–water partition coefficient (Wildman–Crippen LogP) is 3.85. The average Bonchev–Trinajstić information content (AvgIpc) is 2.63. The first kappa shape index (κ1) is 18.8. The minimum atomic E-state index is -4.60. The number of benzene rings is 2. The maximum atomic E-state index is 13.1. The number of rotatable bonds is 4. The molecule has 3 rings (SSSR count). The van der Waals surface area contributed by atoms with Gasteiger partial charge in [0.1, 0.15) is 12.3 Å². The fourth-order valence-electron chi connectivity index (χ4n) is 2.87. The number of hydrogen-bond donors (Lipinski definition) is 1. The molecule has 0 saturated heterocycles. The Morgan fingerprint density at radius 3 is 2.52 bits per heavy atom. The lowest BCUT2D eigenvalue weighted by atomic mass is 10.1. The van der Waals surface area contributed by atoms with Crippen LogP contribution < -0.4 is 15.0 Å². The molecule has 1 aliphatic heterocycles. The van der Waals surface area contributed by atoms with Gasteiger partial charge in [-0.25, -0.2) is 0 Å². The van der Waals surface area contributed by atoms with Gasteiger partial charge in [-0.3, -0.25) is 14.5 Å². The zero-order valence-electron chi connectivity index (χ0n) is 14.4. The summed E-state index contributed by atoms with van der Waals surface area (Å²) in [5.41, 5.74) is -0.888. The number of carbonyl (C=O) groups excluding carboxylic acids is 2. The predicted molar refractivity (Wildman–Crippen MR) is 93.6 cm³/mol. The average molecular weight is 378 g/mol. The molecule has 0 saturated carbocycles. The molecule has 0 radical (unpaired) electrons. The quantitative estimate of drug-likeness (QED) is 0.879. The van der Waals surface area contributed by atoms with Gasteiger partial charge in [0.2, 0.25) is 5.91 Å². The van der Waals surface area contributed by atoms with E-state index in [-0.39, 0.29) is 5.69 Å². The van der Waals surface area contributed by atoms with Crippen LogP contribution in [0.3, 0.4) is 0 Å². The van der Waals surface area contributed by atoms with Crippen molar-refractivity contribution < 1.29 is 27.5 Å². The zero-order valence-corrected chi connectivity index (χ0v) is 14.4. The SMILES string of the molecule is CC[C@@H]1Oc2ccccc2N(CC(=O)Nc2ccccc2C(F)(F)F)C1=O. The molecule has 2 aromatic rings. The Kier molecular flexibility index (Phi) is 5.07. The Bertz CT molecular complexity index is 867. The highest BCUT2D eigenvalue weighted by molar-refractivity contribution is 6.06. The van der Waals surface area contributed by atoms with Gasteiger partial charge >= 0.3 is 6.18 Å². The van der Waals surface area contributed by atoms with E-state index < -0.39 is 36.2 Å². The van der Waals surface area contributed by atoms with Crippen LogP contribution in [0.2, 0.25) is 0 Å². The number of para-hydroxylation sites is 3. The molecule has 142 valence electrons. The summed E-state index contributed by atoms with van der Waals surface area (Å²) in [6.45, 7) is 1.36. The van der Waals surface area contributed by atoms with Gasteiger partial charge in [-0.1, -0.05) is 31.2 Å². The van der Waals surface area contributed by atoms with Crippen LogP contribution in [0.25, 0.3) is 0 Å². The highest BCUT2D eigenvalue weighted by Crippen LogP contribution is 2.36. The van der Waals surface area contributed by atoms with E-state index in [1.54, 1.807) is 31.2 Å². The largest absolute Gasteiger partial charge is 0.478 e. The molecule has 0 spiro atoms. The molecular weight excluding hydrogens is 361 g/mol. The minimum absolute atomic E-state index is 0.351. The van der Waals surface area contributed by atoms with Gasteiger partial charge in [-0.05, 0) is 30.7 Å². The fraction of sp³-hybridized carbons (Fsp3) is 0.263. The standard InChI is InChI=1S/C19H17F3N2O3/c1-2-15-18(26)24(14-9-5-6-10-16(14)27-15)11-17(25)23-13-8-4-3-7-12(13)19(20,21)22/h3-10,15H,2,11H2,1H3,(H,23,25)/t15-/m0/s1. The molecule has 2 aromatic carbocycles. The van der Waals surface area contributed by atoms with Gasteiger partial charge in [-0.15, -0.1) is 0 Å². The summed E-state index contributed by atoms with van der Waals surface area (Å²) in [5, 5.41) is 2.25. The second-order valence-electron chi connectivity index (χ2n) is 6.00. The number of anilines is 2. The summed E-state index contributed by atoms with van der Waals surface area (Å²) in [5.74, 6) is -0.686. The highest BCUT2D eigenvalue weighted by Gasteiger charge is 2.36. The lowest BCUT2D eigenvalue weighted by Gasteiger charge is -2.33. The van der Waals surface area contributed by atoms with Gasteiger partial charge < -0.3 is 10.1 Å². The van der Waals surface area contributed by atoms with Crippen LogP contribution in [-0.4, -0.2) is 24.5 Å². The van der Waals surface area contributed by atoms with Crippen LogP contribution in [0.1, 0.15) is 18.9 Å². The molecule has 1 atom stereocenters. The Morgan fingerprint density at radius 2 is 1.81 bits per heavy atom. The third-order valence-electron chi connectivity index (χ3n) is 4.15. The summed E-state index contributed by atoms with van der Waals surface area (Å²) >= 11 is 0. The van der Waals surface area contributed by atoms with E-state index in [9.17, 15) is 22.8 Å². The van der Waals surface area contributed by atoms with Gasteiger partial charge in [0.25, 0.3) is 5.91 Å². The molecule has 0 aromatic heterocycles. The molecule has 5 nitrogen and oxygen atoms in total. The molecule has 1 aliphatic rings. The van der Waals surface area contributed by atoms with E-state index in [2.05, 4.69) is 5.32 Å². The van der Waals surface area contributed by atoms with Crippen molar-refractivity contribution in [3.63, 3.8) is 0 Å². The first-order valence-corrected chi connectivity index (χ1v) is 8.34. The Hall–Kier alpha value is -3.03. The van der Waals surface area contributed by atoms with Crippen molar-refractivity contribution in [2.24, 2.45) is 0 Å². The third kappa shape index (κ3) is 3.89. The normalized spacial score (nSPS) is 16.5. The third-order valence-corrected chi connectivity index (χ3v) is 4.15. The molecule has 0 unspecified atom stereocenters. The van der Waals surface area contributed by atoms with Crippen molar-refractivity contribution in [1.29, 1.82) is 0 Å². The summed E-state index contributed by atoms with van der Waals surface area (Å²) in [6, 6.07) is 11.4. The van der Waals surface area contributed by atoms with Gasteiger partial charge in [0.05, 0.1) is 16.9 Å². The number of nitrogens with zero attached hydrogens (tertiary/aromatic N) is 1. The van der Waals surface area contributed by atoms with Crippen molar-refractivity contribution in [2.45, 2.75) is 25.6 Å². The van der Waals surface area contributed by atoms with Crippen molar-refractivity contribution in [1.82, 2.24) is 0 Å². The number of ether oxygens (including phenoxy) is 1. The van der Waals surface area contributed by atoms with Gasteiger partial charge in [0, 0.05) is 0 Å². The van der Waals surface area contributed by atoms with Gasteiger partial charge in [-0.2, -0.15) is 13.2 Å². The Labute approximate surface area is 153 Å². The number of amides is 2. The van der Waals surface area contributed by atoms with Crippen LogP contribution in [0.4, 0.5) is 24.5 Å². The van der Waals surface area contributed by atoms with Crippen molar-refractivity contribution >= 4 is 23.2 Å². The molecule has 0 bridgehead atoms. The molecule has 27 heavy (non-hydrogen) atoms. The molecular formula is C19H17F3N2O3. The molecule has 1 N–H and O–H groups in total. The van der Waals surface area contributed by atoms with Crippen molar-refractivity contribution in [3.8, 4) is 5.75 Å². The van der Waals surface area contributed by atoms with E-state index in [1.165, 1.54) is 23.1 Å². The van der Waals surface area contributed by atoms with Crippen LogP contribution in [0.5, 0.6) is 5.75 Å². The smallest absolute Gasteiger partial charge is 0.418 e. The first-order valence-electron chi connectivity index (χ1n) is 8.34. The Balaban J connectivity index is 1.83. The second kappa shape index (κ2) is 7.30. The summed E-state index contributed by atoms with van der Waals surface area (Å²) in [4.78, 5) is 26.2.